The molecule has 1 N–H and O–H groups in total. The normalized spacial score (nSPS) is 35.6. The summed E-state index contributed by atoms with van der Waals surface area (Å²) in [6.45, 7) is -0.555. The molecule has 1 fully saturated rings. The van der Waals surface area contributed by atoms with E-state index in [0.29, 0.717) is 4.90 Å². The number of carbonyl (C=O) groups excluding carboxylic acids is 1. The fourth-order valence-corrected chi connectivity index (χ4v) is 1.36. The van der Waals surface area contributed by atoms with Gasteiger partial charge in [-0.05, 0) is 12.8 Å². The van der Waals surface area contributed by atoms with Crippen molar-refractivity contribution in [1.82, 2.24) is 4.90 Å². The van der Waals surface area contributed by atoms with Gasteiger partial charge in [-0.1, -0.05) is 6.92 Å². The Bertz CT molecular complexity index is 352. The smallest absolute Gasteiger partial charge is 0.326 e. The lowest BCUT2D eigenvalue weighted by Crippen LogP contribution is -2.43. The molecule has 0 bridgehead atoms. The van der Waals surface area contributed by atoms with Gasteiger partial charge < -0.3 is 10.0 Å². The zero-order valence-corrected chi connectivity index (χ0v) is 8.75. The molecule has 0 aliphatic carbocycles. The molecule has 1 heterocycles. The van der Waals surface area contributed by atoms with Gasteiger partial charge >= 0.3 is 5.97 Å². The third kappa shape index (κ3) is 2.20. The van der Waals surface area contributed by atoms with Gasteiger partial charge in [-0.3, -0.25) is 4.79 Å². The molecule has 0 radical (unpaired) electrons. The second-order valence-electron chi connectivity index (χ2n) is 3.17. The Labute approximate surface area is 92.9 Å². The van der Waals surface area contributed by atoms with E-state index in [0.717, 1.165) is 0 Å². The van der Waals surface area contributed by atoms with Crippen LogP contribution >= 0.6 is 12.6 Å². The van der Waals surface area contributed by atoms with Crippen LogP contribution in [0.3, 0.4) is 0 Å². The number of thiol groups is 1. The molecule has 1 amide bonds. The van der Waals surface area contributed by atoms with Gasteiger partial charge in [0.1, 0.15) is 6.02 Å². The molecule has 0 unspecified atom stereocenters. The number of hydrogen-bond donors (Lipinski definition) is 2. The summed E-state index contributed by atoms with van der Waals surface area (Å²) >= 11 is 3.93. The van der Waals surface area contributed by atoms with Crippen LogP contribution < -0.4 is 0 Å². The standard InChI is InChI=1S/C9H15NO3S/c1-6(5-14)8(11)10-4-2-3-7(10)9(12)13/h6-7,14H,2-5H2,1H3,(H,12,13)/t6-,7+/m1/s1/i4D2,7D. The zero-order chi connectivity index (χ0) is 13.4. The van der Waals surface area contributed by atoms with Gasteiger partial charge in [-0.25, -0.2) is 4.79 Å². The van der Waals surface area contributed by atoms with Gasteiger partial charge in [0.25, 0.3) is 0 Å². The first-order valence-electron chi connectivity index (χ1n) is 5.85. The van der Waals surface area contributed by atoms with Crippen LogP contribution in [0.5, 0.6) is 0 Å². The van der Waals surface area contributed by atoms with E-state index in [9.17, 15) is 9.59 Å². The lowest BCUT2D eigenvalue weighted by atomic mass is 10.1. The first kappa shape index (κ1) is 7.56. The Kier molecular flexibility index (Phi) is 2.53. The minimum atomic E-state index is -2.21. The van der Waals surface area contributed by atoms with Gasteiger partial charge in [0.05, 0.1) is 1.37 Å². The number of aliphatic carboxylic acids is 1. The maximum Gasteiger partial charge on any atom is 0.326 e. The second-order valence-corrected chi connectivity index (χ2v) is 3.53. The number of nitrogens with zero attached hydrogens (tertiary/aromatic N) is 1. The molecule has 0 saturated carbocycles. The van der Waals surface area contributed by atoms with Crippen molar-refractivity contribution in [3.05, 3.63) is 0 Å². The quantitative estimate of drug-likeness (QED) is 0.686. The average Bonchev–Trinajstić information content (AvgIpc) is 2.49. The lowest BCUT2D eigenvalue weighted by molar-refractivity contribution is -0.149. The first-order valence-corrected chi connectivity index (χ1v) is 4.98. The van der Waals surface area contributed by atoms with Crippen molar-refractivity contribution >= 4 is 24.5 Å². The van der Waals surface area contributed by atoms with Gasteiger partial charge in [0, 0.05) is 20.9 Å². The summed E-state index contributed by atoms with van der Waals surface area (Å²) < 4.78 is 23.1. The van der Waals surface area contributed by atoms with Gasteiger partial charge in [0.2, 0.25) is 5.91 Å². The zero-order valence-electron chi connectivity index (χ0n) is 10.9. The topological polar surface area (TPSA) is 57.6 Å². The lowest BCUT2D eigenvalue weighted by Gasteiger charge is -2.24. The van der Waals surface area contributed by atoms with Crippen molar-refractivity contribution in [3.63, 3.8) is 0 Å². The molecule has 2 atom stereocenters. The predicted molar refractivity (Wildman–Crippen MR) is 55.4 cm³/mol. The SMILES string of the molecule is [2H]C1([2H])CC[C@@]([2H])(C(=O)O)N1C(=O)[C@H](C)CS. The van der Waals surface area contributed by atoms with Crippen LogP contribution in [-0.2, 0) is 9.59 Å². The van der Waals surface area contributed by atoms with E-state index < -0.39 is 30.3 Å². The van der Waals surface area contributed by atoms with E-state index in [1.165, 1.54) is 6.92 Å². The van der Waals surface area contributed by atoms with E-state index in [-0.39, 0.29) is 18.6 Å². The summed E-state index contributed by atoms with van der Waals surface area (Å²) in [6.07, 6.45) is -0.353. The molecule has 80 valence electrons. The van der Waals surface area contributed by atoms with Gasteiger partial charge in [0.15, 0.2) is 0 Å². The second kappa shape index (κ2) is 4.68. The summed E-state index contributed by atoms with van der Waals surface area (Å²) in [6, 6.07) is -2.21. The Morgan fingerprint density at radius 2 is 2.50 bits per heavy atom. The number of amides is 1. The summed E-state index contributed by atoms with van der Waals surface area (Å²) in [4.78, 5) is 23.6. The summed E-state index contributed by atoms with van der Waals surface area (Å²) in [7, 11) is 0. The molecular weight excluding hydrogens is 202 g/mol. The van der Waals surface area contributed by atoms with Crippen molar-refractivity contribution in [1.29, 1.82) is 0 Å². The third-order valence-electron chi connectivity index (χ3n) is 2.06. The van der Waals surface area contributed by atoms with Crippen LogP contribution in [0.2, 0.25) is 0 Å². The molecule has 0 aromatic carbocycles. The van der Waals surface area contributed by atoms with Crippen LogP contribution in [0.1, 0.15) is 23.9 Å². The molecule has 14 heavy (non-hydrogen) atoms. The van der Waals surface area contributed by atoms with Crippen molar-refractivity contribution in [3.8, 4) is 0 Å². The van der Waals surface area contributed by atoms with Crippen molar-refractivity contribution < 1.29 is 18.8 Å². The van der Waals surface area contributed by atoms with Gasteiger partial charge in [-0.15, -0.1) is 0 Å². The van der Waals surface area contributed by atoms with Crippen molar-refractivity contribution in [2.75, 3.05) is 12.2 Å². The molecule has 0 spiro atoms. The van der Waals surface area contributed by atoms with E-state index in [1.54, 1.807) is 0 Å². The summed E-state index contributed by atoms with van der Waals surface area (Å²) in [5.74, 6) is -2.62. The highest BCUT2D eigenvalue weighted by atomic mass is 32.1. The molecule has 5 heteroatoms. The van der Waals surface area contributed by atoms with Crippen LogP contribution in [0.4, 0.5) is 0 Å². The molecular formula is C9H15NO3S. The van der Waals surface area contributed by atoms with E-state index >= 15 is 0 Å². The largest absolute Gasteiger partial charge is 0.480 e. The van der Waals surface area contributed by atoms with Crippen LogP contribution in [-0.4, -0.2) is 40.2 Å². The Balaban J connectivity index is 3.13. The first-order chi connectivity index (χ1) is 7.66. The predicted octanol–water partition coefficient (Wildman–Crippen LogP) is 0.628. The molecule has 1 saturated heterocycles. The monoisotopic (exact) mass is 220 g/mol. The van der Waals surface area contributed by atoms with Crippen LogP contribution in [0.15, 0.2) is 0 Å². The maximum absolute atomic E-state index is 12.0. The summed E-state index contributed by atoms with van der Waals surface area (Å²) in [5, 5.41) is 9.01. The highest BCUT2D eigenvalue weighted by molar-refractivity contribution is 7.80. The van der Waals surface area contributed by atoms with E-state index in [1.807, 2.05) is 0 Å². The Morgan fingerprint density at radius 3 is 3.00 bits per heavy atom. The Morgan fingerprint density at radius 1 is 1.86 bits per heavy atom. The minimum Gasteiger partial charge on any atom is -0.480 e. The molecule has 0 aromatic heterocycles. The van der Waals surface area contributed by atoms with Crippen LogP contribution in [0.25, 0.3) is 0 Å². The highest BCUT2D eigenvalue weighted by Crippen LogP contribution is 2.20. The fourth-order valence-electron chi connectivity index (χ4n) is 1.21. The molecule has 1 aliphatic heterocycles. The van der Waals surface area contributed by atoms with Crippen molar-refractivity contribution in [2.24, 2.45) is 5.92 Å². The number of likely N-dealkylation sites (tertiary alicyclic amines) is 1. The van der Waals surface area contributed by atoms with Crippen molar-refractivity contribution in [2.45, 2.75) is 25.8 Å². The number of carboxylic acid groups (broad SMARTS) is 1. The molecule has 1 rings (SSSR count). The maximum atomic E-state index is 12.0. The fraction of sp³-hybridized carbons (Fsp3) is 0.778. The van der Waals surface area contributed by atoms with E-state index in [4.69, 9.17) is 9.22 Å². The van der Waals surface area contributed by atoms with Gasteiger partial charge in [-0.2, -0.15) is 12.6 Å². The third-order valence-corrected chi connectivity index (χ3v) is 2.61. The minimum absolute atomic E-state index is 0.145. The number of rotatable bonds is 3. The number of carbonyl (C=O) groups is 2. The number of carboxylic acids is 1. The van der Waals surface area contributed by atoms with E-state index in [2.05, 4.69) is 12.6 Å². The molecule has 1 aliphatic rings. The Hall–Kier alpha value is -0.710. The summed E-state index contributed by atoms with van der Waals surface area (Å²) in [5.41, 5.74) is 0. The molecule has 0 aromatic rings. The average molecular weight is 220 g/mol. The highest BCUT2D eigenvalue weighted by Gasteiger charge is 2.35. The van der Waals surface area contributed by atoms with Crippen LogP contribution in [0, 0.1) is 5.92 Å². The molecule has 4 nitrogen and oxygen atoms in total. The number of hydrogen-bond acceptors (Lipinski definition) is 3.